The average molecular weight is 943 g/mol. The predicted octanol–water partition coefficient (Wildman–Crippen LogP) is 2.39. The number of Topliss-reactive ketones (excluding diaryl/α,β-unsaturated/α-hetero) is 1. The summed E-state index contributed by atoms with van der Waals surface area (Å²) in [6.07, 6.45) is 10.2. The molecule has 0 rings (SSSR count). The number of likely N-dealkylation sites (N-methyl/N-ethyl adjacent to an activating group) is 1. The molecule has 66 heavy (non-hydrogen) atoms. The molecule has 0 aromatic carbocycles. The standard InChI is InChI=1S/C44H74N6O16/c1-29(51)30(45-2)17-15-16-28-46-35(52)24-20-31(41(59)60)48-37(54)26-22-33(43(63)64)50-39(56)27-23-34(44(65)66)49-38(55)25-21-32(42(61)62)47-36(53)18-13-11-9-7-5-3-4-6-8-10-12-14-19-40(57)58/h30-34,45H,3-28H2,1-2H3,(H,46,52)(H,47,53)(H,48,54)(H,49,55)(H,50,56)(H,57,58)(H,59,60)(H,61,62)(H,63,64)(H,65,66)/t30-,31-,32-,33-,34-/m0/s1. The second kappa shape index (κ2) is 36.5. The van der Waals surface area contributed by atoms with Gasteiger partial charge in [-0.15, -0.1) is 0 Å². The van der Waals surface area contributed by atoms with E-state index >= 15 is 0 Å². The van der Waals surface area contributed by atoms with Gasteiger partial charge in [0.15, 0.2) is 0 Å². The molecule has 5 amide bonds. The van der Waals surface area contributed by atoms with Crippen LogP contribution in [0, 0.1) is 0 Å². The van der Waals surface area contributed by atoms with Crippen molar-refractivity contribution in [3.05, 3.63) is 0 Å². The van der Waals surface area contributed by atoms with Crippen LogP contribution < -0.4 is 31.9 Å². The molecule has 0 aromatic heterocycles. The van der Waals surface area contributed by atoms with Gasteiger partial charge in [-0.25, -0.2) is 19.2 Å². The second-order valence-corrected chi connectivity index (χ2v) is 16.4. The molecule has 376 valence electrons. The highest BCUT2D eigenvalue weighted by molar-refractivity contribution is 5.88. The summed E-state index contributed by atoms with van der Waals surface area (Å²) < 4.78 is 0. The van der Waals surface area contributed by atoms with Gasteiger partial charge in [-0.2, -0.15) is 0 Å². The number of amides is 5. The number of carbonyl (C=O) groups is 11. The van der Waals surface area contributed by atoms with Crippen molar-refractivity contribution in [1.29, 1.82) is 0 Å². The van der Waals surface area contributed by atoms with Crippen molar-refractivity contribution in [3.8, 4) is 0 Å². The molecule has 11 N–H and O–H groups in total. The minimum atomic E-state index is -1.63. The zero-order valence-electron chi connectivity index (χ0n) is 38.5. The van der Waals surface area contributed by atoms with Crippen LogP contribution in [0.5, 0.6) is 0 Å². The van der Waals surface area contributed by atoms with E-state index in [1.54, 1.807) is 7.05 Å². The van der Waals surface area contributed by atoms with Gasteiger partial charge < -0.3 is 57.4 Å². The fourth-order valence-corrected chi connectivity index (χ4v) is 6.87. The monoisotopic (exact) mass is 943 g/mol. The Balaban J connectivity index is 4.63. The van der Waals surface area contributed by atoms with Crippen LogP contribution in [0.2, 0.25) is 0 Å². The molecule has 0 saturated carbocycles. The number of unbranched alkanes of at least 4 members (excludes halogenated alkanes) is 12. The molecule has 0 aliphatic carbocycles. The van der Waals surface area contributed by atoms with E-state index in [0.717, 1.165) is 64.2 Å². The summed E-state index contributed by atoms with van der Waals surface area (Å²) >= 11 is 0. The Hall–Kier alpha value is -5.67. The number of carboxylic acid groups (broad SMARTS) is 5. The molecule has 0 unspecified atom stereocenters. The van der Waals surface area contributed by atoms with Crippen LogP contribution in [0.25, 0.3) is 0 Å². The highest BCUT2D eigenvalue weighted by atomic mass is 16.4. The van der Waals surface area contributed by atoms with Crippen molar-refractivity contribution in [2.45, 2.75) is 198 Å². The number of ketones is 1. The molecule has 0 aliphatic rings. The third-order valence-electron chi connectivity index (χ3n) is 10.8. The maximum absolute atomic E-state index is 12.6. The van der Waals surface area contributed by atoms with Crippen molar-refractivity contribution in [2.24, 2.45) is 0 Å². The maximum atomic E-state index is 12.6. The molecule has 0 aliphatic heterocycles. The third kappa shape index (κ3) is 32.1. The van der Waals surface area contributed by atoms with Crippen molar-refractivity contribution in [3.63, 3.8) is 0 Å². The molecule has 0 aromatic rings. The average Bonchev–Trinajstić information content (AvgIpc) is 3.24. The highest BCUT2D eigenvalue weighted by Gasteiger charge is 2.27. The van der Waals surface area contributed by atoms with Gasteiger partial charge in [0, 0.05) is 45.1 Å². The molecule has 0 saturated heterocycles. The van der Waals surface area contributed by atoms with Crippen molar-refractivity contribution < 1.29 is 78.3 Å². The number of nitrogens with one attached hydrogen (secondary N) is 6. The first-order valence-electron chi connectivity index (χ1n) is 23.0. The highest BCUT2D eigenvalue weighted by Crippen LogP contribution is 2.14. The van der Waals surface area contributed by atoms with Gasteiger partial charge >= 0.3 is 29.8 Å². The number of carbonyl (C=O) groups excluding carboxylic acids is 6. The summed E-state index contributed by atoms with van der Waals surface area (Å²) in [6.45, 7) is 1.78. The number of hydrogen-bond donors (Lipinski definition) is 11. The fraction of sp³-hybridized carbons (Fsp3) is 0.750. The molecule has 22 nitrogen and oxygen atoms in total. The first-order valence-corrected chi connectivity index (χ1v) is 23.0. The van der Waals surface area contributed by atoms with Gasteiger partial charge in [-0.05, 0) is 71.8 Å². The second-order valence-electron chi connectivity index (χ2n) is 16.4. The minimum absolute atomic E-state index is 0.000482. The van der Waals surface area contributed by atoms with Crippen LogP contribution in [-0.2, 0) is 52.7 Å². The smallest absolute Gasteiger partial charge is 0.326 e. The molecular formula is C44H74N6O16. The van der Waals surface area contributed by atoms with Crippen LogP contribution in [-0.4, -0.2) is 134 Å². The molecule has 5 atom stereocenters. The Morgan fingerprint density at radius 3 is 0.955 bits per heavy atom. The molecule has 0 bridgehead atoms. The van der Waals surface area contributed by atoms with Crippen molar-refractivity contribution in [1.82, 2.24) is 31.9 Å². The molecule has 0 heterocycles. The van der Waals surface area contributed by atoms with Crippen LogP contribution in [0.1, 0.15) is 167 Å². The Bertz CT molecular complexity index is 1580. The lowest BCUT2D eigenvalue weighted by Gasteiger charge is -2.18. The normalized spacial score (nSPS) is 13.2. The van der Waals surface area contributed by atoms with E-state index in [9.17, 15) is 73.2 Å². The topological polar surface area (TPSA) is 361 Å². The van der Waals surface area contributed by atoms with Crippen LogP contribution in [0.3, 0.4) is 0 Å². The van der Waals surface area contributed by atoms with Crippen LogP contribution in [0.4, 0.5) is 0 Å². The Morgan fingerprint density at radius 1 is 0.348 bits per heavy atom. The van der Waals surface area contributed by atoms with Gasteiger partial charge in [0.1, 0.15) is 30.0 Å². The van der Waals surface area contributed by atoms with Gasteiger partial charge in [0.2, 0.25) is 29.5 Å². The number of carboxylic acids is 5. The van der Waals surface area contributed by atoms with Gasteiger partial charge in [0.05, 0.1) is 6.04 Å². The molecular weight excluding hydrogens is 869 g/mol. The van der Waals surface area contributed by atoms with E-state index in [1.165, 1.54) is 6.92 Å². The van der Waals surface area contributed by atoms with Crippen LogP contribution >= 0.6 is 0 Å². The first kappa shape index (κ1) is 60.3. The fourth-order valence-electron chi connectivity index (χ4n) is 6.87. The number of aliphatic carboxylic acids is 5. The summed E-state index contributed by atoms with van der Waals surface area (Å²) in [6, 6.07) is -6.40. The summed E-state index contributed by atoms with van der Waals surface area (Å²) in [5.74, 6) is -10.3. The SMILES string of the molecule is CN[C@@H](CCCCNC(=O)CC[C@H](NC(=O)CC[C@H](NC(=O)CC[C@H](NC(=O)CC[C@H](NC(=O)CCCCCCCCCCCCCCC(=O)O)C(=O)O)C(=O)O)C(=O)O)C(=O)O)C(C)=O. The first-order chi connectivity index (χ1) is 31.3. The maximum Gasteiger partial charge on any atom is 0.326 e. The molecule has 0 fully saturated rings. The van der Waals surface area contributed by atoms with E-state index in [2.05, 4.69) is 31.9 Å². The Labute approximate surface area is 385 Å². The molecule has 22 heteroatoms. The van der Waals surface area contributed by atoms with E-state index in [1.807, 2.05) is 0 Å². The summed E-state index contributed by atoms with van der Waals surface area (Å²) in [5, 5.41) is 61.5. The largest absolute Gasteiger partial charge is 0.481 e. The number of rotatable bonds is 42. The van der Waals surface area contributed by atoms with E-state index in [4.69, 9.17) is 5.11 Å². The zero-order valence-corrected chi connectivity index (χ0v) is 38.5. The minimum Gasteiger partial charge on any atom is -0.481 e. The van der Waals surface area contributed by atoms with Gasteiger partial charge in [-0.1, -0.05) is 64.2 Å². The third-order valence-corrected chi connectivity index (χ3v) is 10.8. The molecule has 0 radical (unpaired) electrons. The molecule has 0 spiro atoms. The van der Waals surface area contributed by atoms with Crippen LogP contribution in [0.15, 0.2) is 0 Å². The van der Waals surface area contributed by atoms with E-state index < -0.39 is 116 Å². The summed E-state index contributed by atoms with van der Waals surface area (Å²) in [4.78, 5) is 132. The zero-order chi connectivity index (χ0) is 49.9. The van der Waals surface area contributed by atoms with Crippen molar-refractivity contribution in [2.75, 3.05) is 13.6 Å². The number of hydrogen-bond acceptors (Lipinski definition) is 12. The summed E-state index contributed by atoms with van der Waals surface area (Å²) in [7, 11) is 1.68. The predicted molar refractivity (Wildman–Crippen MR) is 238 cm³/mol. The Kier molecular flexibility index (Phi) is 33.4. The lowest BCUT2D eigenvalue weighted by molar-refractivity contribution is -0.144. The summed E-state index contributed by atoms with van der Waals surface area (Å²) in [5.41, 5.74) is 0. The van der Waals surface area contributed by atoms with E-state index in [-0.39, 0.29) is 43.9 Å². The van der Waals surface area contributed by atoms with E-state index in [0.29, 0.717) is 38.6 Å². The quantitative estimate of drug-likeness (QED) is 0.0391. The Morgan fingerprint density at radius 2 is 0.652 bits per heavy atom. The van der Waals surface area contributed by atoms with Gasteiger partial charge in [-0.3, -0.25) is 33.6 Å². The lowest BCUT2D eigenvalue weighted by Crippen LogP contribution is -2.45. The lowest BCUT2D eigenvalue weighted by atomic mass is 10.0. The van der Waals surface area contributed by atoms with Gasteiger partial charge in [0.25, 0.3) is 0 Å². The van der Waals surface area contributed by atoms with Crippen molar-refractivity contribution >= 4 is 65.2 Å².